The number of hydrogen-bond donors (Lipinski definition) is 0. The predicted octanol–water partition coefficient (Wildman–Crippen LogP) is 4.82. The average Bonchev–Trinajstić information content (AvgIpc) is 2.62. The molecular weight excluding hydrogens is 403 g/mol. The molecule has 0 unspecified atom stereocenters. The molecule has 0 atom stereocenters. The molecule has 2 aromatic heterocycles. The third-order valence-electron chi connectivity index (χ3n) is 3.73. The first-order chi connectivity index (χ1) is 12.8. The van der Waals surface area contributed by atoms with Crippen molar-refractivity contribution in [2.45, 2.75) is 20.3 Å². The van der Waals surface area contributed by atoms with Gasteiger partial charge in [0.05, 0.1) is 29.3 Å². The fourth-order valence-corrected chi connectivity index (χ4v) is 4.57. The van der Waals surface area contributed by atoms with Gasteiger partial charge < -0.3 is 13.5 Å². The molecule has 0 saturated carbocycles. The van der Waals surface area contributed by atoms with E-state index in [0.717, 1.165) is 6.07 Å². The van der Waals surface area contributed by atoms with Gasteiger partial charge in [0.25, 0.3) is 6.43 Å². The van der Waals surface area contributed by atoms with Gasteiger partial charge in [-0.25, -0.2) is 13.8 Å². The van der Waals surface area contributed by atoms with Crippen molar-refractivity contribution >= 4 is 46.6 Å². The summed E-state index contributed by atoms with van der Waals surface area (Å²) in [5.74, 6) is 0. The highest BCUT2D eigenvalue weighted by Gasteiger charge is 2.35. The third kappa shape index (κ3) is 3.62. The zero-order valence-electron chi connectivity index (χ0n) is 14.4. The molecule has 0 fully saturated rings. The minimum absolute atomic E-state index is 0.0417. The molecule has 3 rings (SSSR count). The molecule has 0 saturated heterocycles. The SMILES string of the molecule is CCOP(=O)(OCC)c1cc2c(=O)c3cc(Cl)ccc3oc2nc1C(F)F. The maximum atomic E-state index is 13.6. The second-order valence-corrected chi connectivity index (χ2v) is 7.88. The molecule has 3 aromatic rings. The van der Waals surface area contributed by atoms with E-state index in [9.17, 15) is 18.1 Å². The third-order valence-corrected chi connectivity index (χ3v) is 6.11. The van der Waals surface area contributed by atoms with Crippen LogP contribution in [0.1, 0.15) is 26.0 Å². The van der Waals surface area contributed by atoms with E-state index in [4.69, 9.17) is 25.1 Å². The second kappa shape index (κ2) is 7.64. The normalized spacial score (nSPS) is 12.4. The van der Waals surface area contributed by atoms with Crippen molar-refractivity contribution in [2.75, 3.05) is 13.2 Å². The second-order valence-electron chi connectivity index (χ2n) is 5.45. The number of alkyl halides is 2. The highest BCUT2D eigenvalue weighted by molar-refractivity contribution is 7.62. The molecule has 0 N–H and O–H groups in total. The molecule has 0 aliphatic rings. The van der Waals surface area contributed by atoms with Crippen LogP contribution in [0.2, 0.25) is 5.02 Å². The van der Waals surface area contributed by atoms with Gasteiger partial charge in [-0.15, -0.1) is 0 Å². The van der Waals surface area contributed by atoms with Gasteiger partial charge in [-0.3, -0.25) is 9.36 Å². The summed E-state index contributed by atoms with van der Waals surface area (Å²) >= 11 is 5.92. The molecule has 6 nitrogen and oxygen atoms in total. The molecule has 1 aromatic carbocycles. The highest BCUT2D eigenvalue weighted by atomic mass is 35.5. The van der Waals surface area contributed by atoms with Gasteiger partial charge in [-0.1, -0.05) is 11.6 Å². The molecular formula is C17H15ClF2NO5P. The molecule has 0 radical (unpaired) electrons. The number of pyridine rings is 1. The molecule has 0 bridgehead atoms. The van der Waals surface area contributed by atoms with Crippen molar-refractivity contribution in [3.8, 4) is 0 Å². The summed E-state index contributed by atoms with van der Waals surface area (Å²) in [5, 5.41) is -0.123. The van der Waals surface area contributed by atoms with Crippen LogP contribution >= 0.6 is 19.2 Å². The number of halogens is 3. The minimum atomic E-state index is -4.11. The van der Waals surface area contributed by atoms with Crippen molar-refractivity contribution in [1.82, 2.24) is 4.98 Å². The zero-order chi connectivity index (χ0) is 19.8. The Balaban J connectivity index is 2.41. The lowest BCUT2D eigenvalue weighted by atomic mass is 10.2. The van der Waals surface area contributed by atoms with E-state index in [1.54, 1.807) is 13.8 Å². The van der Waals surface area contributed by atoms with Crippen LogP contribution in [0.25, 0.3) is 22.1 Å². The number of aromatic nitrogens is 1. The van der Waals surface area contributed by atoms with Crippen LogP contribution in [0.5, 0.6) is 0 Å². The van der Waals surface area contributed by atoms with Crippen LogP contribution < -0.4 is 10.7 Å². The molecule has 0 aliphatic heterocycles. The maximum absolute atomic E-state index is 13.6. The van der Waals surface area contributed by atoms with Crippen LogP contribution in [-0.4, -0.2) is 18.2 Å². The summed E-state index contributed by atoms with van der Waals surface area (Å²) < 4.78 is 56.0. The van der Waals surface area contributed by atoms with Gasteiger partial charge in [-0.2, -0.15) is 0 Å². The Kier molecular flexibility index (Phi) is 5.63. The van der Waals surface area contributed by atoms with E-state index in [-0.39, 0.29) is 35.3 Å². The van der Waals surface area contributed by atoms with Gasteiger partial charge in [0, 0.05) is 5.02 Å². The number of rotatable bonds is 6. The summed E-state index contributed by atoms with van der Waals surface area (Å²) in [6, 6.07) is 5.39. The molecule has 0 amide bonds. The van der Waals surface area contributed by atoms with Crippen LogP contribution in [0, 0.1) is 0 Å². The van der Waals surface area contributed by atoms with E-state index >= 15 is 0 Å². The van der Waals surface area contributed by atoms with Crippen molar-refractivity contribution < 1.29 is 26.8 Å². The van der Waals surface area contributed by atoms with Crippen LogP contribution in [0.4, 0.5) is 8.78 Å². The fourth-order valence-electron chi connectivity index (χ4n) is 2.65. The number of nitrogens with zero attached hydrogens (tertiary/aromatic N) is 1. The van der Waals surface area contributed by atoms with E-state index in [2.05, 4.69) is 4.98 Å². The van der Waals surface area contributed by atoms with E-state index in [1.165, 1.54) is 18.2 Å². The fraction of sp³-hybridized carbons (Fsp3) is 0.294. The Morgan fingerprint density at radius 1 is 1.19 bits per heavy atom. The summed E-state index contributed by atoms with van der Waals surface area (Å²) in [7, 11) is -4.11. The summed E-state index contributed by atoms with van der Waals surface area (Å²) in [5.41, 5.74) is -1.50. The number of fused-ring (bicyclic) bond motifs is 2. The number of hydrogen-bond acceptors (Lipinski definition) is 6. The first-order valence-corrected chi connectivity index (χ1v) is 9.97. The molecule has 0 spiro atoms. The smallest absolute Gasteiger partial charge is 0.363 e. The van der Waals surface area contributed by atoms with Gasteiger partial charge in [0.1, 0.15) is 11.3 Å². The van der Waals surface area contributed by atoms with Gasteiger partial charge in [0.15, 0.2) is 0 Å². The van der Waals surface area contributed by atoms with E-state index < -0.39 is 30.4 Å². The summed E-state index contributed by atoms with van der Waals surface area (Å²) in [6.07, 6.45) is -3.08. The van der Waals surface area contributed by atoms with Crippen molar-refractivity contribution in [1.29, 1.82) is 0 Å². The molecule has 27 heavy (non-hydrogen) atoms. The lowest BCUT2D eigenvalue weighted by Gasteiger charge is -2.19. The lowest BCUT2D eigenvalue weighted by Crippen LogP contribution is -2.20. The van der Waals surface area contributed by atoms with Gasteiger partial charge in [0.2, 0.25) is 11.1 Å². The highest BCUT2D eigenvalue weighted by Crippen LogP contribution is 2.49. The van der Waals surface area contributed by atoms with Crippen LogP contribution in [0.15, 0.2) is 33.5 Å². The van der Waals surface area contributed by atoms with Crippen LogP contribution in [0.3, 0.4) is 0 Å². The minimum Gasteiger partial charge on any atom is -0.437 e. The zero-order valence-corrected chi connectivity index (χ0v) is 16.0. The Bertz CT molecular complexity index is 1110. The monoisotopic (exact) mass is 417 g/mol. The average molecular weight is 418 g/mol. The van der Waals surface area contributed by atoms with Crippen molar-refractivity contribution in [3.63, 3.8) is 0 Å². The first kappa shape index (κ1) is 19.9. The van der Waals surface area contributed by atoms with Crippen molar-refractivity contribution in [2.24, 2.45) is 0 Å². The summed E-state index contributed by atoms with van der Waals surface area (Å²) in [6.45, 7) is 3.01. The van der Waals surface area contributed by atoms with Crippen LogP contribution in [-0.2, 0) is 13.6 Å². The Labute approximate surface area is 157 Å². The standard InChI is InChI=1S/C17H15ClF2NO5P/c1-3-24-27(23,25-4-2)13-8-11-15(22)10-7-9(18)5-6-12(10)26-17(11)21-14(13)16(19)20/h5-8,16H,3-4H2,1-2H3. The maximum Gasteiger partial charge on any atom is 0.363 e. The Morgan fingerprint density at radius 3 is 2.44 bits per heavy atom. The van der Waals surface area contributed by atoms with Crippen molar-refractivity contribution in [3.05, 3.63) is 45.2 Å². The molecule has 0 aliphatic carbocycles. The van der Waals surface area contributed by atoms with E-state index in [0.29, 0.717) is 5.02 Å². The Hall–Kier alpha value is -1.86. The van der Waals surface area contributed by atoms with E-state index in [1.807, 2.05) is 0 Å². The largest absolute Gasteiger partial charge is 0.437 e. The molecule has 10 heteroatoms. The quantitative estimate of drug-likeness (QED) is 0.422. The molecule has 2 heterocycles. The lowest BCUT2D eigenvalue weighted by molar-refractivity contribution is 0.146. The predicted molar refractivity (Wildman–Crippen MR) is 98.2 cm³/mol. The Morgan fingerprint density at radius 2 is 1.85 bits per heavy atom. The molecule has 144 valence electrons. The number of benzene rings is 1. The topological polar surface area (TPSA) is 78.6 Å². The summed E-state index contributed by atoms with van der Waals surface area (Å²) in [4.78, 5) is 16.6. The van der Waals surface area contributed by atoms with Gasteiger partial charge in [-0.05, 0) is 38.1 Å². The first-order valence-electron chi connectivity index (χ1n) is 8.05. The van der Waals surface area contributed by atoms with Gasteiger partial charge >= 0.3 is 7.60 Å².